The highest BCUT2D eigenvalue weighted by Gasteiger charge is 2.45. The number of carbonyl (C=O) groups is 1. The number of sulfone groups is 1. The van der Waals surface area contributed by atoms with E-state index in [4.69, 9.17) is 4.42 Å². The van der Waals surface area contributed by atoms with Crippen LogP contribution in [0.25, 0.3) is 16.8 Å². The van der Waals surface area contributed by atoms with E-state index in [9.17, 15) is 31.5 Å². The Labute approximate surface area is 283 Å². The number of hydrogen-bond donors (Lipinski definition) is 1. The fourth-order valence-electron chi connectivity index (χ4n) is 5.97. The lowest BCUT2D eigenvalue weighted by atomic mass is 9.78. The molecule has 0 spiro atoms. The monoisotopic (exact) mass is 726 g/mol. The number of ether oxygens (including phenoxy) is 1. The number of aryl methyl sites for hydroxylation is 2. The minimum atomic E-state index is -4.00. The third kappa shape index (κ3) is 7.01. The number of aliphatic hydroxyl groups excluding tert-OH is 1. The van der Waals surface area contributed by atoms with Gasteiger partial charge >= 0.3 is 12.5 Å². The van der Waals surface area contributed by atoms with Crippen molar-refractivity contribution in [2.75, 3.05) is 27.0 Å². The number of halogens is 6. The van der Waals surface area contributed by atoms with E-state index in [2.05, 4.69) is 14.8 Å². The average Bonchev–Trinajstić information content (AvgIpc) is 3.63. The van der Waals surface area contributed by atoms with Crippen molar-refractivity contribution in [2.45, 2.75) is 44.4 Å². The summed E-state index contributed by atoms with van der Waals surface area (Å²) in [5.74, 6) is -8.09. The summed E-state index contributed by atoms with van der Waals surface area (Å²) in [6, 6.07) is 4.20. The quantitative estimate of drug-likeness (QED) is 0.262. The molecular formula is C33H32F6N4O6S. The minimum Gasteiger partial charge on any atom is -0.445 e. The fourth-order valence-corrected chi connectivity index (χ4v) is 7.00. The van der Waals surface area contributed by atoms with Gasteiger partial charge < -0.3 is 19.2 Å². The molecule has 1 N–H and O–H groups in total. The number of amides is 1. The largest absolute Gasteiger partial charge is 0.445 e. The molecule has 50 heavy (non-hydrogen) atoms. The topological polar surface area (TPSA) is 128 Å². The molecule has 0 saturated heterocycles. The minimum absolute atomic E-state index is 0.0416. The van der Waals surface area contributed by atoms with Gasteiger partial charge in [-0.1, -0.05) is 12.2 Å². The first-order chi connectivity index (χ1) is 23.3. The van der Waals surface area contributed by atoms with E-state index < -0.39 is 64.2 Å². The maximum absolute atomic E-state index is 15.3. The summed E-state index contributed by atoms with van der Waals surface area (Å²) in [6.45, 7) is -2.61. The number of hydrogen-bond acceptors (Lipinski definition) is 8. The van der Waals surface area contributed by atoms with Gasteiger partial charge in [-0.05, 0) is 53.5 Å². The first-order valence-corrected chi connectivity index (χ1v) is 16.9. The number of allylic oxidation sites excluding steroid dienone is 6. The van der Waals surface area contributed by atoms with E-state index in [-0.39, 0.29) is 57.5 Å². The lowest BCUT2D eigenvalue weighted by Gasteiger charge is -2.28. The lowest BCUT2D eigenvalue weighted by molar-refractivity contribution is -0.156. The van der Waals surface area contributed by atoms with Crippen LogP contribution in [-0.4, -0.2) is 78.8 Å². The van der Waals surface area contributed by atoms with Gasteiger partial charge in [-0.3, -0.25) is 9.48 Å². The summed E-state index contributed by atoms with van der Waals surface area (Å²) in [5, 5.41) is 13.6. The Balaban J connectivity index is 1.69. The molecule has 0 aliphatic heterocycles. The van der Waals surface area contributed by atoms with E-state index in [0.717, 1.165) is 34.0 Å². The van der Waals surface area contributed by atoms with Crippen LogP contribution in [0.2, 0.25) is 0 Å². The summed E-state index contributed by atoms with van der Waals surface area (Å²) >= 11 is 0. The van der Waals surface area contributed by atoms with Crippen molar-refractivity contribution < 1.29 is 53.8 Å². The predicted molar refractivity (Wildman–Crippen MR) is 169 cm³/mol. The van der Waals surface area contributed by atoms with E-state index in [1.54, 1.807) is 6.08 Å². The molecule has 10 nitrogen and oxygen atoms in total. The van der Waals surface area contributed by atoms with Gasteiger partial charge in [-0.25, -0.2) is 22.2 Å². The van der Waals surface area contributed by atoms with Crippen LogP contribution >= 0.6 is 0 Å². The average molecular weight is 727 g/mol. The van der Waals surface area contributed by atoms with Gasteiger partial charge in [0.1, 0.15) is 23.3 Å². The number of likely N-dealkylation sites (N-methyl/N-ethyl adjacent to an activating group) is 1. The van der Waals surface area contributed by atoms with Gasteiger partial charge in [0.25, 0.3) is 5.91 Å². The van der Waals surface area contributed by atoms with Crippen LogP contribution in [0.1, 0.15) is 41.8 Å². The number of aromatic nitrogens is 3. The van der Waals surface area contributed by atoms with E-state index in [0.29, 0.717) is 11.1 Å². The van der Waals surface area contributed by atoms with Crippen LogP contribution < -0.4 is 4.74 Å². The van der Waals surface area contributed by atoms with Gasteiger partial charge in [0, 0.05) is 51.9 Å². The predicted octanol–water partition coefficient (Wildman–Crippen LogP) is 5.76. The molecule has 1 aromatic carbocycles. The molecule has 2 unspecified atom stereocenters. The third-order valence-electron chi connectivity index (χ3n) is 8.32. The zero-order chi connectivity index (χ0) is 36.9. The van der Waals surface area contributed by atoms with Crippen molar-refractivity contribution in [3.8, 4) is 17.0 Å². The van der Waals surface area contributed by atoms with Crippen LogP contribution in [0.5, 0.6) is 5.75 Å². The highest BCUT2D eigenvalue weighted by molar-refractivity contribution is 7.94. The fraction of sp³-hybridized carbons (Fsp3) is 0.364. The van der Waals surface area contributed by atoms with Crippen molar-refractivity contribution in [1.82, 2.24) is 19.7 Å². The molecule has 2 aromatic heterocycles. The molecule has 2 aliphatic rings. The van der Waals surface area contributed by atoms with Crippen LogP contribution in [0, 0.1) is 12.7 Å². The SMILES string of the molecule is Cc1nc(-c2ccc(OC(F)F)c(F)c2)c(C2CC(C3=CC(S(C)(=O)=O)=C(CO)C(F)C3)=CC=C2c2cc(C(F)(F)C(=O)N(C)C)nn2C)o1. The van der Waals surface area contributed by atoms with Crippen LogP contribution in [-0.2, 0) is 27.6 Å². The zero-order valence-electron chi connectivity index (χ0n) is 27.3. The molecule has 0 radical (unpaired) electrons. The lowest BCUT2D eigenvalue weighted by Crippen LogP contribution is -2.37. The van der Waals surface area contributed by atoms with Crippen LogP contribution in [0.3, 0.4) is 0 Å². The second-order valence-corrected chi connectivity index (χ2v) is 14.0. The van der Waals surface area contributed by atoms with E-state index in [1.165, 1.54) is 46.3 Å². The Hall–Kier alpha value is -4.64. The molecule has 2 atom stereocenters. The molecule has 0 saturated carbocycles. The summed E-state index contributed by atoms with van der Waals surface area (Å²) in [6.07, 6.45) is 3.09. The Morgan fingerprint density at radius 3 is 2.48 bits per heavy atom. The summed E-state index contributed by atoms with van der Waals surface area (Å²) < 4.78 is 123. The van der Waals surface area contributed by atoms with Gasteiger partial charge in [-0.2, -0.15) is 22.7 Å². The van der Waals surface area contributed by atoms with Gasteiger partial charge in [-0.15, -0.1) is 0 Å². The Kier molecular flexibility index (Phi) is 9.95. The first kappa shape index (κ1) is 36.6. The van der Waals surface area contributed by atoms with Crippen molar-refractivity contribution in [2.24, 2.45) is 7.05 Å². The van der Waals surface area contributed by atoms with Crippen LogP contribution in [0.15, 0.2) is 68.5 Å². The second kappa shape index (κ2) is 13.6. The van der Waals surface area contributed by atoms with Gasteiger partial charge in [0.05, 0.1) is 23.1 Å². The number of benzene rings is 1. The Morgan fingerprint density at radius 2 is 1.88 bits per heavy atom. The molecule has 268 valence electrons. The third-order valence-corrected chi connectivity index (χ3v) is 9.49. The summed E-state index contributed by atoms with van der Waals surface area (Å²) in [7, 11) is -0.246. The van der Waals surface area contributed by atoms with Crippen LogP contribution in [0.4, 0.5) is 26.3 Å². The summed E-state index contributed by atoms with van der Waals surface area (Å²) in [5.41, 5.74) is 0.187. The normalized spacial score (nSPS) is 18.6. The molecule has 1 amide bonds. The molecule has 0 bridgehead atoms. The molecular weight excluding hydrogens is 694 g/mol. The number of aliphatic hydroxyl groups is 1. The maximum atomic E-state index is 15.3. The molecule has 0 fully saturated rings. The number of carbonyl (C=O) groups excluding carboxylic acids is 1. The molecule has 17 heteroatoms. The standard InChI is InChI=1S/C33H32F6N4O6S/c1-16-40-29(18-7-9-26(24(35)11-18)49-32(36)37)30(48-16)21-10-17(19-12-23(34)22(15-44)27(13-19)50(5,46)47)6-8-20(21)25-14-28(41-43(25)4)33(38,39)31(45)42(2)3/h6-9,11,13-14,21,23,32,44H,10,12,15H2,1-5H3. The van der Waals surface area contributed by atoms with Crippen molar-refractivity contribution >= 4 is 21.3 Å². The van der Waals surface area contributed by atoms with Crippen molar-refractivity contribution in [1.29, 1.82) is 0 Å². The highest BCUT2D eigenvalue weighted by Crippen LogP contribution is 2.47. The molecule has 5 rings (SSSR count). The second-order valence-electron chi connectivity index (χ2n) is 12.0. The Morgan fingerprint density at radius 1 is 1.18 bits per heavy atom. The molecule has 3 aromatic rings. The number of nitrogens with zero attached hydrogens (tertiary/aromatic N) is 4. The first-order valence-electron chi connectivity index (χ1n) is 15.0. The number of alkyl halides is 5. The highest BCUT2D eigenvalue weighted by atomic mass is 32.2. The van der Waals surface area contributed by atoms with Crippen molar-refractivity contribution in [3.05, 3.63) is 93.0 Å². The molecule has 2 heterocycles. The maximum Gasteiger partial charge on any atom is 0.387 e. The Bertz CT molecular complexity index is 2080. The van der Waals surface area contributed by atoms with E-state index in [1.807, 2.05) is 0 Å². The smallest absolute Gasteiger partial charge is 0.387 e. The zero-order valence-corrected chi connectivity index (χ0v) is 28.2. The van der Waals surface area contributed by atoms with E-state index >= 15 is 13.2 Å². The van der Waals surface area contributed by atoms with Gasteiger partial charge in [0.15, 0.2) is 27.3 Å². The number of oxazole rings is 1. The van der Waals surface area contributed by atoms with Gasteiger partial charge in [0.2, 0.25) is 0 Å². The van der Waals surface area contributed by atoms with Crippen molar-refractivity contribution in [3.63, 3.8) is 0 Å². The summed E-state index contributed by atoms with van der Waals surface area (Å²) in [4.78, 5) is 17.1. The molecule has 2 aliphatic carbocycles. The number of rotatable bonds is 10.